The number of amides is 1. The molecule has 76 valence electrons. The number of nitrogens with one attached hydrogen (secondary N) is 1. The van der Waals surface area contributed by atoms with E-state index in [9.17, 15) is 4.79 Å². The number of aryl methyl sites for hydroxylation is 1. The zero-order chi connectivity index (χ0) is 10.6. The molecule has 0 spiro atoms. The molecule has 0 bridgehead atoms. The number of rotatable bonds is 3. The van der Waals surface area contributed by atoms with Crippen LogP contribution < -0.4 is 5.32 Å². The molecule has 0 atom stereocenters. The summed E-state index contributed by atoms with van der Waals surface area (Å²) in [5.41, 5.74) is 1.75. The van der Waals surface area contributed by atoms with Gasteiger partial charge in [-0.15, -0.1) is 0 Å². The van der Waals surface area contributed by atoms with Crippen LogP contribution in [-0.2, 0) is 4.79 Å². The Hall–Kier alpha value is -0.540. The molecule has 1 aromatic rings. The molecule has 4 heteroatoms. The van der Waals surface area contributed by atoms with Gasteiger partial charge in [-0.3, -0.25) is 4.79 Å². The number of hydrogen-bond donors (Lipinski definition) is 1. The predicted octanol–water partition coefficient (Wildman–Crippen LogP) is 3.37. The van der Waals surface area contributed by atoms with E-state index in [1.807, 2.05) is 25.1 Å². The van der Waals surface area contributed by atoms with Crippen molar-refractivity contribution in [1.82, 2.24) is 0 Å². The van der Waals surface area contributed by atoms with E-state index in [0.29, 0.717) is 22.5 Å². The highest BCUT2D eigenvalue weighted by Crippen LogP contribution is 2.22. The summed E-state index contributed by atoms with van der Waals surface area (Å²) in [6.45, 7) is 1.95. The molecule has 0 fully saturated rings. The molecule has 1 aromatic carbocycles. The van der Waals surface area contributed by atoms with Crippen molar-refractivity contribution in [3.8, 4) is 0 Å². The highest BCUT2D eigenvalue weighted by Gasteiger charge is 2.04. The minimum absolute atomic E-state index is 0.0346. The van der Waals surface area contributed by atoms with Gasteiger partial charge in [-0.1, -0.05) is 33.6 Å². The Morgan fingerprint density at radius 2 is 2.29 bits per heavy atom. The van der Waals surface area contributed by atoms with Crippen molar-refractivity contribution in [2.75, 3.05) is 10.6 Å². The fourth-order valence-corrected chi connectivity index (χ4v) is 1.66. The van der Waals surface area contributed by atoms with Gasteiger partial charge in [-0.05, 0) is 24.6 Å². The van der Waals surface area contributed by atoms with Crippen molar-refractivity contribution in [1.29, 1.82) is 0 Å². The summed E-state index contributed by atoms with van der Waals surface area (Å²) in [5, 5.41) is 3.97. The Kier molecular flexibility index (Phi) is 4.42. The van der Waals surface area contributed by atoms with E-state index in [0.717, 1.165) is 5.56 Å². The average molecular weight is 277 g/mol. The van der Waals surface area contributed by atoms with E-state index >= 15 is 0 Å². The van der Waals surface area contributed by atoms with Crippen LogP contribution in [0.2, 0.25) is 5.02 Å². The Bertz CT molecular complexity index is 341. The second-order valence-electron chi connectivity index (χ2n) is 2.97. The van der Waals surface area contributed by atoms with E-state index < -0.39 is 0 Å². The van der Waals surface area contributed by atoms with Gasteiger partial charge in [0.2, 0.25) is 5.91 Å². The highest BCUT2D eigenvalue weighted by molar-refractivity contribution is 9.09. The van der Waals surface area contributed by atoms with E-state index in [1.165, 1.54) is 0 Å². The third-order valence-electron chi connectivity index (χ3n) is 1.72. The molecule has 0 radical (unpaired) electrons. The van der Waals surface area contributed by atoms with E-state index in [2.05, 4.69) is 21.2 Å². The summed E-state index contributed by atoms with van der Waals surface area (Å²) in [6, 6.07) is 5.55. The van der Waals surface area contributed by atoms with Crippen LogP contribution in [0, 0.1) is 6.92 Å². The summed E-state index contributed by atoms with van der Waals surface area (Å²) in [5.74, 6) is -0.0346. The normalized spacial score (nSPS) is 9.93. The average Bonchev–Trinajstić information content (AvgIpc) is 2.10. The zero-order valence-corrected chi connectivity index (χ0v) is 10.2. The number of alkyl halides is 1. The molecule has 2 nitrogen and oxygen atoms in total. The molecular formula is C10H11BrClNO. The smallest absolute Gasteiger partial charge is 0.225 e. The summed E-state index contributed by atoms with van der Waals surface area (Å²) in [7, 11) is 0. The quantitative estimate of drug-likeness (QED) is 0.843. The molecule has 0 heterocycles. The number of carbonyl (C=O) groups is 1. The number of hydrogen-bond acceptors (Lipinski definition) is 1. The number of halogens is 2. The maximum absolute atomic E-state index is 11.2. The lowest BCUT2D eigenvalue weighted by atomic mass is 10.2. The molecule has 1 N–H and O–H groups in total. The molecular weight excluding hydrogens is 265 g/mol. The minimum Gasteiger partial charge on any atom is -0.325 e. The van der Waals surface area contributed by atoms with E-state index in [-0.39, 0.29) is 5.91 Å². The lowest BCUT2D eigenvalue weighted by molar-refractivity contribution is -0.115. The van der Waals surface area contributed by atoms with Crippen LogP contribution in [0.25, 0.3) is 0 Å². The van der Waals surface area contributed by atoms with Gasteiger partial charge in [0.1, 0.15) is 0 Å². The molecule has 0 aromatic heterocycles. The molecule has 0 aliphatic heterocycles. The van der Waals surface area contributed by atoms with Crippen molar-refractivity contribution >= 4 is 39.1 Å². The largest absolute Gasteiger partial charge is 0.325 e. The fraction of sp³-hybridized carbons (Fsp3) is 0.300. The minimum atomic E-state index is -0.0346. The summed E-state index contributed by atoms with van der Waals surface area (Å²) >= 11 is 9.15. The highest BCUT2D eigenvalue weighted by atomic mass is 79.9. The van der Waals surface area contributed by atoms with Gasteiger partial charge in [0, 0.05) is 11.8 Å². The molecule has 1 rings (SSSR count). The molecule has 1 amide bonds. The molecule has 0 aliphatic carbocycles. The Morgan fingerprint density at radius 3 is 2.86 bits per heavy atom. The summed E-state index contributed by atoms with van der Waals surface area (Å²) < 4.78 is 0. The monoisotopic (exact) mass is 275 g/mol. The molecule has 0 aliphatic rings. The van der Waals surface area contributed by atoms with Gasteiger partial charge in [-0.2, -0.15) is 0 Å². The Morgan fingerprint density at radius 1 is 1.57 bits per heavy atom. The standard InChI is InChI=1S/C10H11BrClNO/c1-7-2-3-9(8(12)6-7)13-10(14)4-5-11/h2-3,6H,4-5H2,1H3,(H,13,14). The summed E-state index contributed by atoms with van der Waals surface area (Å²) in [4.78, 5) is 11.2. The third kappa shape index (κ3) is 3.31. The van der Waals surface area contributed by atoms with Gasteiger partial charge >= 0.3 is 0 Å². The van der Waals surface area contributed by atoms with Gasteiger partial charge in [0.25, 0.3) is 0 Å². The van der Waals surface area contributed by atoms with Crippen molar-refractivity contribution in [2.24, 2.45) is 0 Å². The maximum atomic E-state index is 11.2. The molecule has 0 saturated heterocycles. The van der Waals surface area contributed by atoms with Crippen LogP contribution in [0.15, 0.2) is 18.2 Å². The molecule has 0 saturated carbocycles. The lowest BCUT2D eigenvalue weighted by Gasteiger charge is -2.06. The maximum Gasteiger partial charge on any atom is 0.225 e. The SMILES string of the molecule is Cc1ccc(NC(=O)CCBr)c(Cl)c1. The van der Waals surface area contributed by atoms with Gasteiger partial charge in [-0.25, -0.2) is 0 Å². The Balaban J connectivity index is 2.72. The number of carbonyl (C=O) groups excluding carboxylic acids is 1. The first kappa shape index (κ1) is 11.5. The van der Waals surface area contributed by atoms with Crippen molar-refractivity contribution in [3.05, 3.63) is 28.8 Å². The first-order valence-corrected chi connectivity index (χ1v) is 5.75. The molecule has 14 heavy (non-hydrogen) atoms. The van der Waals surface area contributed by atoms with Crippen molar-refractivity contribution < 1.29 is 4.79 Å². The van der Waals surface area contributed by atoms with Gasteiger partial charge < -0.3 is 5.32 Å². The molecule has 0 unspecified atom stereocenters. The van der Waals surface area contributed by atoms with Crippen molar-refractivity contribution in [3.63, 3.8) is 0 Å². The second-order valence-corrected chi connectivity index (χ2v) is 4.17. The third-order valence-corrected chi connectivity index (χ3v) is 2.43. The fourth-order valence-electron chi connectivity index (χ4n) is 1.02. The van der Waals surface area contributed by atoms with Crippen LogP contribution >= 0.6 is 27.5 Å². The first-order valence-electron chi connectivity index (χ1n) is 4.25. The lowest BCUT2D eigenvalue weighted by Crippen LogP contribution is -2.11. The predicted molar refractivity (Wildman–Crippen MR) is 63.2 cm³/mol. The van der Waals surface area contributed by atoms with Gasteiger partial charge in [0.15, 0.2) is 0 Å². The van der Waals surface area contributed by atoms with Gasteiger partial charge in [0.05, 0.1) is 10.7 Å². The van der Waals surface area contributed by atoms with E-state index in [4.69, 9.17) is 11.6 Å². The Labute approximate surface area is 96.8 Å². The van der Waals surface area contributed by atoms with Crippen LogP contribution in [0.3, 0.4) is 0 Å². The topological polar surface area (TPSA) is 29.1 Å². The number of anilines is 1. The van der Waals surface area contributed by atoms with E-state index in [1.54, 1.807) is 0 Å². The van der Waals surface area contributed by atoms with Crippen LogP contribution in [0.4, 0.5) is 5.69 Å². The van der Waals surface area contributed by atoms with Crippen LogP contribution in [0.1, 0.15) is 12.0 Å². The number of benzene rings is 1. The van der Waals surface area contributed by atoms with Crippen LogP contribution in [-0.4, -0.2) is 11.2 Å². The zero-order valence-electron chi connectivity index (χ0n) is 7.81. The first-order chi connectivity index (χ1) is 6.63. The second kappa shape index (κ2) is 5.37. The van der Waals surface area contributed by atoms with Crippen LogP contribution in [0.5, 0.6) is 0 Å². The van der Waals surface area contributed by atoms with Crippen molar-refractivity contribution in [2.45, 2.75) is 13.3 Å². The summed E-state index contributed by atoms with van der Waals surface area (Å²) in [6.07, 6.45) is 0.449.